The lowest BCUT2D eigenvalue weighted by Crippen LogP contribution is -2.31. The van der Waals surface area contributed by atoms with Crippen LogP contribution in [0.4, 0.5) is 13.2 Å². The molecule has 1 aromatic carbocycles. The van der Waals surface area contributed by atoms with Crippen LogP contribution >= 0.6 is 0 Å². The van der Waals surface area contributed by atoms with Crippen molar-refractivity contribution in [3.63, 3.8) is 0 Å². The zero-order valence-electron chi connectivity index (χ0n) is 10.7. The summed E-state index contributed by atoms with van der Waals surface area (Å²) in [6, 6.07) is 4.73. The molecule has 0 N–H and O–H groups in total. The molecule has 2 rings (SSSR count). The van der Waals surface area contributed by atoms with E-state index in [1.165, 1.54) is 6.07 Å². The number of ether oxygens (including phenoxy) is 1. The van der Waals surface area contributed by atoms with E-state index in [-0.39, 0.29) is 5.75 Å². The molecule has 0 amide bonds. The maximum absolute atomic E-state index is 12.2. The van der Waals surface area contributed by atoms with E-state index in [1.807, 2.05) is 24.3 Å². The van der Waals surface area contributed by atoms with Crippen LogP contribution in [0.5, 0.6) is 5.75 Å². The minimum atomic E-state index is -4.65. The third-order valence-corrected chi connectivity index (χ3v) is 2.91. The first-order chi connectivity index (χ1) is 8.85. The Hall–Kier alpha value is -1.69. The number of halogens is 3. The molecule has 0 atom stereocenters. The average Bonchev–Trinajstić information content (AvgIpc) is 2.67. The van der Waals surface area contributed by atoms with Crippen molar-refractivity contribution in [3.8, 4) is 5.75 Å². The molecule has 0 fully saturated rings. The number of nitrogens with zero attached hydrogens (tertiary/aromatic N) is 2. The molecule has 0 saturated carbocycles. The van der Waals surface area contributed by atoms with E-state index in [0.29, 0.717) is 12.1 Å². The van der Waals surface area contributed by atoms with Crippen LogP contribution in [-0.4, -0.2) is 30.0 Å². The van der Waals surface area contributed by atoms with Gasteiger partial charge in [-0.3, -0.25) is 0 Å². The summed E-state index contributed by atoms with van der Waals surface area (Å²) >= 11 is 0. The van der Waals surface area contributed by atoms with Crippen LogP contribution in [0.3, 0.4) is 0 Å². The van der Waals surface area contributed by atoms with Crippen LogP contribution in [-0.2, 0) is 6.54 Å². The topological polar surface area (TPSA) is 15.7 Å². The molecule has 0 radical (unpaired) electrons. The summed E-state index contributed by atoms with van der Waals surface area (Å²) in [6.07, 6.45) is -0.673. The number of alkyl halides is 3. The highest BCUT2D eigenvalue weighted by molar-refractivity contribution is 5.36. The summed E-state index contributed by atoms with van der Waals surface area (Å²) in [7, 11) is 1.93. The molecular weight excluding hydrogens is 257 g/mol. The molecular formula is C13H15F3N2O. The minimum absolute atomic E-state index is 0.149. The van der Waals surface area contributed by atoms with Gasteiger partial charge in [0.25, 0.3) is 0 Å². The van der Waals surface area contributed by atoms with Crippen molar-refractivity contribution in [2.75, 3.05) is 13.6 Å². The number of hydrazine groups is 1. The Balaban J connectivity index is 2.06. The summed E-state index contributed by atoms with van der Waals surface area (Å²) in [4.78, 5) is 0. The molecule has 19 heavy (non-hydrogen) atoms. The first-order valence-electron chi connectivity index (χ1n) is 5.85. The maximum atomic E-state index is 12.2. The molecule has 1 heterocycles. The second kappa shape index (κ2) is 5.13. The van der Waals surface area contributed by atoms with E-state index in [2.05, 4.69) is 9.75 Å². The Kier molecular flexibility index (Phi) is 3.71. The molecule has 1 aliphatic heterocycles. The average molecular weight is 272 g/mol. The number of aryl methyl sites for hydroxylation is 1. The van der Waals surface area contributed by atoms with E-state index in [0.717, 1.165) is 12.1 Å². The second-order valence-electron chi connectivity index (χ2n) is 4.45. The number of benzene rings is 1. The fourth-order valence-electron chi connectivity index (χ4n) is 1.98. The molecule has 0 aromatic heterocycles. The standard InChI is InChI=1S/C13H15F3N2O/c1-10-8-11(9-18-7-3-6-17(18)2)4-5-12(10)19-13(14,15)16/h3-6,8H,7,9H2,1-2H3. The Morgan fingerprint density at radius 1 is 1.32 bits per heavy atom. The van der Waals surface area contributed by atoms with Crippen molar-refractivity contribution >= 4 is 0 Å². The van der Waals surface area contributed by atoms with E-state index in [9.17, 15) is 13.2 Å². The molecule has 1 aliphatic rings. The highest BCUT2D eigenvalue weighted by Gasteiger charge is 2.31. The fraction of sp³-hybridized carbons (Fsp3) is 0.385. The van der Waals surface area contributed by atoms with Crippen molar-refractivity contribution in [3.05, 3.63) is 41.6 Å². The van der Waals surface area contributed by atoms with Gasteiger partial charge < -0.3 is 9.75 Å². The van der Waals surface area contributed by atoms with Crippen molar-refractivity contribution in [1.29, 1.82) is 0 Å². The molecule has 6 heteroatoms. The van der Waals surface area contributed by atoms with Crippen LogP contribution in [0.1, 0.15) is 11.1 Å². The molecule has 0 unspecified atom stereocenters. The SMILES string of the molecule is Cc1cc(CN2CC=CN2C)ccc1OC(F)(F)F. The van der Waals surface area contributed by atoms with E-state index < -0.39 is 6.36 Å². The smallest absolute Gasteiger partial charge is 0.406 e. The lowest BCUT2D eigenvalue weighted by molar-refractivity contribution is -0.274. The van der Waals surface area contributed by atoms with Gasteiger partial charge in [-0.1, -0.05) is 18.2 Å². The van der Waals surface area contributed by atoms with E-state index in [1.54, 1.807) is 19.1 Å². The van der Waals surface area contributed by atoms with Crippen LogP contribution in [0.15, 0.2) is 30.5 Å². The van der Waals surface area contributed by atoms with Gasteiger partial charge in [-0.05, 0) is 24.1 Å². The summed E-state index contributed by atoms with van der Waals surface area (Å²) in [6.45, 7) is 3.06. The summed E-state index contributed by atoms with van der Waals surface area (Å²) in [5.41, 5.74) is 1.42. The van der Waals surface area contributed by atoms with Gasteiger partial charge in [0.05, 0.1) is 0 Å². The summed E-state index contributed by atoms with van der Waals surface area (Å²) < 4.78 is 40.4. The monoisotopic (exact) mass is 272 g/mol. The largest absolute Gasteiger partial charge is 0.573 e. The van der Waals surface area contributed by atoms with Gasteiger partial charge in [-0.25, -0.2) is 5.01 Å². The molecule has 3 nitrogen and oxygen atoms in total. The molecule has 104 valence electrons. The molecule has 0 bridgehead atoms. The van der Waals surface area contributed by atoms with E-state index in [4.69, 9.17) is 0 Å². The van der Waals surface area contributed by atoms with E-state index >= 15 is 0 Å². The van der Waals surface area contributed by atoms with Crippen molar-refractivity contribution < 1.29 is 17.9 Å². The fourth-order valence-corrected chi connectivity index (χ4v) is 1.98. The number of rotatable bonds is 3. The number of hydrogen-bond acceptors (Lipinski definition) is 3. The Morgan fingerprint density at radius 3 is 2.58 bits per heavy atom. The minimum Gasteiger partial charge on any atom is -0.406 e. The zero-order valence-corrected chi connectivity index (χ0v) is 10.7. The first-order valence-corrected chi connectivity index (χ1v) is 5.85. The van der Waals surface area contributed by atoms with Gasteiger partial charge in [-0.2, -0.15) is 0 Å². The summed E-state index contributed by atoms with van der Waals surface area (Å²) in [5.74, 6) is -0.149. The van der Waals surface area contributed by atoms with Crippen LogP contribution in [0, 0.1) is 6.92 Å². The van der Waals surface area contributed by atoms with Gasteiger partial charge in [0, 0.05) is 26.3 Å². The highest BCUT2D eigenvalue weighted by Crippen LogP contribution is 2.27. The maximum Gasteiger partial charge on any atom is 0.573 e. The summed E-state index contributed by atoms with van der Waals surface area (Å²) in [5, 5.41) is 4.02. The van der Waals surface area contributed by atoms with Gasteiger partial charge in [0.2, 0.25) is 0 Å². The lowest BCUT2D eigenvalue weighted by atomic mass is 10.1. The zero-order chi connectivity index (χ0) is 14.0. The highest BCUT2D eigenvalue weighted by atomic mass is 19.4. The van der Waals surface area contributed by atoms with Crippen LogP contribution in [0.2, 0.25) is 0 Å². The number of hydrogen-bond donors (Lipinski definition) is 0. The quantitative estimate of drug-likeness (QED) is 0.841. The van der Waals surface area contributed by atoms with Crippen molar-refractivity contribution in [1.82, 2.24) is 10.0 Å². The normalized spacial score (nSPS) is 16.2. The first kappa shape index (κ1) is 13.7. The van der Waals surface area contributed by atoms with Crippen LogP contribution in [0.25, 0.3) is 0 Å². The van der Waals surface area contributed by atoms with Gasteiger partial charge in [0.15, 0.2) is 0 Å². The van der Waals surface area contributed by atoms with Gasteiger partial charge in [-0.15, -0.1) is 13.2 Å². The molecule has 0 spiro atoms. The molecule has 0 saturated heterocycles. The van der Waals surface area contributed by atoms with Gasteiger partial charge in [0.1, 0.15) is 5.75 Å². The predicted octanol–water partition coefficient (Wildman–Crippen LogP) is 3.07. The van der Waals surface area contributed by atoms with Crippen LogP contribution < -0.4 is 4.74 Å². The van der Waals surface area contributed by atoms with Gasteiger partial charge >= 0.3 is 6.36 Å². The predicted molar refractivity (Wildman–Crippen MR) is 65.2 cm³/mol. The Labute approximate surface area is 109 Å². The molecule has 0 aliphatic carbocycles. The Bertz CT molecular complexity index is 485. The third kappa shape index (κ3) is 3.64. The third-order valence-electron chi connectivity index (χ3n) is 2.91. The van der Waals surface area contributed by atoms with Crippen molar-refractivity contribution in [2.45, 2.75) is 19.8 Å². The molecule has 1 aromatic rings. The van der Waals surface area contributed by atoms with Crippen molar-refractivity contribution in [2.24, 2.45) is 0 Å². The second-order valence-corrected chi connectivity index (χ2v) is 4.45. The Morgan fingerprint density at radius 2 is 2.05 bits per heavy atom. The lowest BCUT2D eigenvalue weighted by Gasteiger charge is -2.25.